The van der Waals surface area contributed by atoms with E-state index in [-0.39, 0.29) is 0 Å². The molecule has 0 saturated heterocycles. The summed E-state index contributed by atoms with van der Waals surface area (Å²) in [6.07, 6.45) is 0.973. The second kappa shape index (κ2) is 6.19. The smallest absolute Gasteiger partial charge is 0.0422 e. The van der Waals surface area contributed by atoms with E-state index in [1.165, 1.54) is 22.0 Å². The molecule has 0 bridgehead atoms. The van der Waals surface area contributed by atoms with Crippen LogP contribution in [0.4, 0.5) is 5.69 Å². The summed E-state index contributed by atoms with van der Waals surface area (Å²) in [5.41, 5.74) is 2.48. The molecule has 3 aromatic rings. The molecule has 3 rings (SSSR count). The minimum Gasteiger partial charge on any atom is -0.382 e. The first-order valence-corrected chi connectivity index (χ1v) is 7.59. The molecule has 0 heterocycles. The van der Waals surface area contributed by atoms with E-state index < -0.39 is 0 Å². The minimum absolute atomic E-state index is 0.358. The Morgan fingerprint density at radius 2 is 1.62 bits per heavy atom. The molecule has 21 heavy (non-hydrogen) atoms. The van der Waals surface area contributed by atoms with Crippen molar-refractivity contribution in [2.45, 2.75) is 19.4 Å². The van der Waals surface area contributed by atoms with Crippen molar-refractivity contribution < 1.29 is 0 Å². The quantitative estimate of drug-likeness (QED) is 0.666. The number of nitrogens with one attached hydrogen (secondary N) is 1. The zero-order valence-corrected chi connectivity index (χ0v) is 12.8. The van der Waals surface area contributed by atoms with Crippen molar-refractivity contribution in [3.63, 3.8) is 0 Å². The SMILES string of the molecule is CC(Cc1ccc(Cl)cc1)Nc1cccc2ccccc12. The highest BCUT2D eigenvalue weighted by atomic mass is 35.5. The summed E-state index contributed by atoms with van der Waals surface area (Å²) in [5, 5.41) is 6.93. The maximum Gasteiger partial charge on any atom is 0.0422 e. The van der Waals surface area contributed by atoms with Gasteiger partial charge in [0.1, 0.15) is 0 Å². The summed E-state index contributed by atoms with van der Waals surface area (Å²) in [6, 6.07) is 23.3. The van der Waals surface area contributed by atoms with E-state index in [2.05, 4.69) is 66.8 Å². The van der Waals surface area contributed by atoms with Crippen LogP contribution < -0.4 is 5.32 Å². The maximum absolute atomic E-state index is 5.93. The number of halogens is 1. The van der Waals surface area contributed by atoms with Gasteiger partial charge in [0.15, 0.2) is 0 Å². The number of fused-ring (bicyclic) bond motifs is 1. The maximum atomic E-state index is 5.93. The Morgan fingerprint density at radius 3 is 2.43 bits per heavy atom. The van der Waals surface area contributed by atoms with Gasteiger partial charge in [-0.05, 0) is 42.5 Å². The van der Waals surface area contributed by atoms with Crippen LogP contribution in [0.1, 0.15) is 12.5 Å². The largest absolute Gasteiger partial charge is 0.382 e. The number of hydrogen-bond acceptors (Lipinski definition) is 1. The third-order valence-corrected chi connectivity index (χ3v) is 3.90. The van der Waals surface area contributed by atoms with Gasteiger partial charge < -0.3 is 5.32 Å². The Balaban J connectivity index is 1.77. The van der Waals surface area contributed by atoms with Crippen molar-refractivity contribution in [1.82, 2.24) is 0 Å². The van der Waals surface area contributed by atoms with Gasteiger partial charge in [0, 0.05) is 22.1 Å². The van der Waals surface area contributed by atoms with Crippen molar-refractivity contribution in [3.8, 4) is 0 Å². The Labute approximate surface area is 130 Å². The molecule has 0 aliphatic rings. The third-order valence-electron chi connectivity index (χ3n) is 3.65. The van der Waals surface area contributed by atoms with Crippen molar-refractivity contribution in [2.75, 3.05) is 5.32 Å². The number of hydrogen-bond donors (Lipinski definition) is 1. The first-order chi connectivity index (χ1) is 10.2. The molecule has 0 amide bonds. The topological polar surface area (TPSA) is 12.0 Å². The molecule has 0 fully saturated rings. The van der Waals surface area contributed by atoms with E-state index in [4.69, 9.17) is 11.6 Å². The molecule has 0 radical (unpaired) electrons. The number of rotatable bonds is 4. The van der Waals surface area contributed by atoms with E-state index in [0.29, 0.717) is 6.04 Å². The lowest BCUT2D eigenvalue weighted by molar-refractivity contribution is 0.791. The fraction of sp³-hybridized carbons (Fsp3) is 0.158. The normalized spacial score (nSPS) is 12.3. The highest BCUT2D eigenvalue weighted by molar-refractivity contribution is 6.30. The zero-order valence-electron chi connectivity index (χ0n) is 12.0. The van der Waals surface area contributed by atoms with E-state index in [0.717, 1.165) is 11.4 Å². The van der Waals surface area contributed by atoms with Crippen LogP contribution in [0.25, 0.3) is 10.8 Å². The van der Waals surface area contributed by atoms with Gasteiger partial charge in [-0.2, -0.15) is 0 Å². The molecule has 0 aliphatic heterocycles. The Morgan fingerprint density at radius 1 is 0.905 bits per heavy atom. The lowest BCUT2D eigenvalue weighted by Gasteiger charge is -2.17. The van der Waals surface area contributed by atoms with Crippen LogP contribution in [-0.4, -0.2) is 6.04 Å². The molecule has 106 valence electrons. The van der Waals surface area contributed by atoms with E-state index in [9.17, 15) is 0 Å². The molecule has 0 aliphatic carbocycles. The van der Waals surface area contributed by atoms with Gasteiger partial charge in [0.2, 0.25) is 0 Å². The van der Waals surface area contributed by atoms with E-state index in [1.807, 2.05) is 12.1 Å². The van der Waals surface area contributed by atoms with Gasteiger partial charge in [0.05, 0.1) is 0 Å². The minimum atomic E-state index is 0.358. The standard InChI is InChI=1S/C19H18ClN/c1-14(13-15-9-11-17(20)12-10-15)21-19-8-4-6-16-5-2-3-7-18(16)19/h2-12,14,21H,13H2,1H3. The fourth-order valence-corrected chi connectivity index (χ4v) is 2.77. The number of anilines is 1. The summed E-state index contributed by atoms with van der Waals surface area (Å²) in [4.78, 5) is 0. The second-order valence-electron chi connectivity index (χ2n) is 5.40. The van der Waals surface area contributed by atoms with Crippen molar-refractivity contribution in [2.24, 2.45) is 0 Å². The summed E-state index contributed by atoms with van der Waals surface area (Å²) in [7, 11) is 0. The third kappa shape index (κ3) is 3.37. The highest BCUT2D eigenvalue weighted by Gasteiger charge is 2.06. The van der Waals surface area contributed by atoms with Gasteiger partial charge in [-0.15, -0.1) is 0 Å². The summed E-state index contributed by atoms with van der Waals surface area (Å²) < 4.78 is 0. The van der Waals surface area contributed by atoms with Gasteiger partial charge in [-0.1, -0.05) is 60.1 Å². The van der Waals surface area contributed by atoms with Crippen molar-refractivity contribution in [1.29, 1.82) is 0 Å². The van der Waals surface area contributed by atoms with Crippen LogP contribution in [0.3, 0.4) is 0 Å². The van der Waals surface area contributed by atoms with Gasteiger partial charge >= 0.3 is 0 Å². The molecule has 1 nitrogen and oxygen atoms in total. The average Bonchev–Trinajstić information content (AvgIpc) is 2.50. The Kier molecular flexibility index (Phi) is 4.12. The average molecular weight is 296 g/mol. The Hall–Kier alpha value is -1.99. The molecule has 0 aromatic heterocycles. The van der Waals surface area contributed by atoms with Crippen molar-refractivity contribution in [3.05, 3.63) is 77.3 Å². The number of benzene rings is 3. The van der Waals surface area contributed by atoms with Crippen molar-refractivity contribution >= 4 is 28.1 Å². The Bertz CT molecular complexity index is 729. The fourth-order valence-electron chi connectivity index (χ4n) is 2.64. The van der Waals surface area contributed by atoms with Crippen LogP contribution in [-0.2, 0) is 6.42 Å². The van der Waals surface area contributed by atoms with Gasteiger partial charge in [-0.25, -0.2) is 0 Å². The first kappa shape index (κ1) is 14.0. The predicted octanol–water partition coefficient (Wildman–Crippen LogP) is 5.54. The molecule has 1 atom stereocenters. The molecule has 0 spiro atoms. The van der Waals surface area contributed by atoms with Crippen LogP contribution >= 0.6 is 11.6 Å². The lowest BCUT2D eigenvalue weighted by atomic mass is 10.1. The molecule has 0 saturated carbocycles. The molecular weight excluding hydrogens is 278 g/mol. The molecule has 2 heteroatoms. The molecule has 3 aromatic carbocycles. The van der Waals surface area contributed by atoms with E-state index in [1.54, 1.807) is 0 Å². The van der Waals surface area contributed by atoms with Crippen LogP contribution in [0.2, 0.25) is 5.02 Å². The first-order valence-electron chi connectivity index (χ1n) is 7.21. The second-order valence-corrected chi connectivity index (χ2v) is 5.84. The summed E-state index contributed by atoms with van der Waals surface area (Å²) in [6.45, 7) is 2.20. The van der Waals surface area contributed by atoms with Crippen LogP contribution in [0.15, 0.2) is 66.7 Å². The monoisotopic (exact) mass is 295 g/mol. The zero-order chi connectivity index (χ0) is 14.7. The molecule has 1 N–H and O–H groups in total. The molecule has 1 unspecified atom stereocenters. The lowest BCUT2D eigenvalue weighted by Crippen LogP contribution is -2.18. The van der Waals surface area contributed by atoms with Crippen LogP contribution in [0, 0.1) is 0 Å². The summed E-state index contributed by atoms with van der Waals surface area (Å²) in [5.74, 6) is 0. The van der Waals surface area contributed by atoms with Crippen LogP contribution in [0.5, 0.6) is 0 Å². The molecular formula is C19H18ClN. The van der Waals surface area contributed by atoms with E-state index >= 15 is 0 Å². The van der Waals surface area contributed by atoms with Gasteiger partial charge in [0.25, 0.3) is 0 Å². The van der Waals surface area contributed by atoms with Gasteiger partial charge in [-0.3, -0.25) is 0 Å². The highest BCUT2D eigenvalue weighted by Crippen LogP contribution is 2.24. The summed E-state index contributed by atoms with van der Waals surface area (Å²) >= 11 is 5.93. The predicted molar refractivity (Wildman–Crippen MR) is 92.2 cm³/mol.